The fraction of sp³-hybridized carbons (Fsp3) is 0.421. The van der Waals surface area contributed by atoms with E-state index in [0.29, 0.717) is 6.54 Å². The van der Waals surface area contributed by atoms with Crippen molar-refractivity contribution < 1.29 is 14.3 Å². The third kappa shape index (κ3) is 3.68. The highest BCUT2D eigenvalue weighted by Gasteiger charge is 2.35. The van der Waals surface area contributed by atoms with Gasteiger partial charge in [-0.05, 0) is 31.5 Å². The van der Waals surface area contributed by atoms with Crippen molar-refractivity contribution in [1.29, 1.82) is 0 Å². The normalized spacial score (nSPS) is 20.6. The van der Waals surface area contributed by atoms with Crippen LogP contribution in [-0.4, -0.2) is 34.0 Å². The van der Waals surface area contributed by atoms with Crippen LogP contribution in [0.2, 0.25) is 0 Å². The fourth-order valence-electron chi connectivity index (χ4n) is 3.07. The van der Waals surface area contributed by atoms with Crippen LogP contribution >= 0.6 is 11.8 Å². The number of aliphatic hydroxyl groups is 1. The van der Waals surface area contributed by atoms with Gasteiger partial charge in [0.05, 0.1) is 18.1 Å². The van der Waals surface area contributed by atoms with Gasteiger partial charge in [-0.25, -0.2) is 0 Å². The first kappa shape index (κ1) is 17.1. The molecule has 1 aliphatic heterocycles. The molecular formula is C19H23NO3S. The smallest absolute Gasteiger partial charge is 0.226 e. The summed E-state index contributed by atoms with van der Waals surface area (Å²) in [5.41, 5.74) is -0.415. The fourth-order valence-corrected chi connectivity index (χ4v) is 4.13. The predicted molar refractivity (Wildman–Crippen MR) is 95.9 cm³/mol. The van der Waals surface area contributed by atoms with Gasteiger partial charge in [0.2, 0.25) is 5.91 Å². The Morgan fingerprint density at radius 1 is 1.33 bits per heavy atom. The molecule has 0 aliphatic carbocycles. The van der Waals surface area contributed by atoms with Gasteiger partial charge < -0.3 is 14.4 Å². The molecule has 0 radical (unpaired) electrons. The second-order valence-electron chi connectivity index (χ2n) is 6.44. The van der Waals surface area contributed by atoms with Gasteiger partial charge in [0.25, 0.3) is 0 Å². The molecule has 1 aromatic heterocycles. The average molecular weight is 345 g/mol. The molecule has 2 heterocycles. The molecule has 1 saturated heterocycles. The van der Waals surface area contributed by atoms with E-state index in [0.717, 1.165) is 28.6 Å². The number of rotatable bonds is 4. The summed E-state index contributed by atoms with van der Waals surface area (Å²) in [4.78, 5) is 14.7. The van der Waals surface area contributed by atoms with Gasteiger partial charge in [-0.2, -0.15) is 11.8 Å². The monoisotopic (exact) mass is 345 g/mol. The molecule has 1 aliphatic rings. The lowest BCUT2D eigenvalue weighted by atomic mass is 9.91. The lowest BCUT2D eigenvalue weighted by molar-refractivity contribution is -0.138. The lowest BCUT2D eigenvalue weighted by Crippen LogP contribution is -2.43. The number of carbonyl (C=O) groups excluding carboxylic acids is 1. The Morgan fingerprint density at radius 2 is 2.08 bits per heavy atom. The first-order valence-electron chi connectivity index (χ1n) is 8.19. The highest BCUT2D eigenvalue weighted by molar-refractivity contribution is 7.99. The van der Waals surface area contributed by atoms with Crippen molar-refractivity contribution in [1.82, 2.24) is 4.90 Å². The Kier molecular flexibility index (Phi) is 5.01. The SMILES string of the molecule is Cc1ccc(C2CSCCN2C(=O)CC(C)(O)c2ccccc2)o1. The van der Waals surface area contributed by atoms with Gasteiger partial charge in [-0.1, -0.05) is 30.3 Å². The van der Waals surface area contributed by atoms with E-state index in [2.05, 4.69) is 0 Å². The zero-order chi connectivity index (χ0) is 17.2. The Morgan fingerprint density at radius 3 is 2.75 bits per heavy atom. The maximum absolute atomic E-state index is 12.9. The number of benzene rings is 1. The van der Waals surface area contributed by atoms with E-state index in [4.69, 9.17) is 4.42 Å². The summed E-state index contributed by atoms with van der Waals surface area (Å²) in [5, 5.41) is 10.8. The number of nitrogens with zero attached hydrogens (tertiary/aromatic N) is 1. The van der Waals surface area contributed by atoms with Gasteiger partial charge in [-0.15, -0.1) is 0 Å². The molecule has 1 amide bonds. The summed E-state index contributed by atoms with van der Waals surface area (Å²) >= 11 is 1.83. The summed E-state index contributed by atoms with van der Waals surface area (Å²) in [6, 6.07) is 13.2. The van der Waals surface area contributed by atoms with Gasteiger partial charge in [0, 0.05) is 18.1 Å². The van der Waals surface area contributed by atoms with Crippen LogP contribution in [0.4, 0.5) is 0 Å². The number of amides is 1. The molecule has 2 unspecified atom stereocenters. The van der Waals surface area contributed by atoms with Gasteiger partial charge >= 0.3 is 0 Å². The maximum Gasteiger partial charge on any atom is 0.226 e. The van der Waals surface area contributed by atoms with E-state index in [1.807, 2.05) is 66.1 Å². The molecule has 3 rings (SSSR count). The second kappa shape index (κ2) is 7.03. The topological polar surface area (TPSA) is 53.7 Å². The van der Waals surface area contributed by atoms with E-state index < -0.39 is 5.60 Å². The molecule has 1 N–H and O–H groups in total. The number of furan rings is 1. The molecule has 5 heteroatoms. The zero-order valence-corrected chi connectivity index (χ0v) is 14.9. The number of thioether (sulfide) groups is 1. The van der Waals surface area contributed by atoms with Crippen LogP contribution in [0.3, 0.4) is 0 Å². The lowest BCUT2D eigenvalue weighted by Gasteiger charge is -2.36. The van der Waals surface area contributed by atoms with E-state index in [-0.39, 0.29) is 18.4 Å². The first-order valence-corrected chi connectivity index (χ1v) is 9.34. The van der Waals surface area contributed by atoms with Gasteiger partial charge in [0.15, 0.2) is 0 Å². The molecule has 1 fully saturated rings. The highest BCUT2D eigenvalue weighted by Crippen LogP contribution is 2.33. The minimum Gasteiger partial charge on any atom is -0.464 e. The Balaban J connectivity index is 1.77. The van der Waals surface area contributed by atoms with Crippen LogP contribution in [0.5, 0.6) is 0 Å². The van der Waals surface area contributed by atoms with Gasteiger partial charge in [0.1, 0.15) is 11.5 Å². The van der Waals surface area contributed by atoms with Crippen molar-refractivity contribution in [2.24, 2.45) is 0 Å². The highest BCUT2D eigenvalue weighted by atomic mass is 32.2. The minimum absolute atomic E-state index is 0.0387. The molecule has 4 nitrogen and oxygen atoms in total. The quantitative estimate of drug-likeness (QED) is 0.921. The van der Waals surface area contributed by atoms with Crippen molar-refractivity contribution in [2.45, 2.75) is 31.9 Å². The summed E-state index contributed by atoms with van der Waals surface area (Å²) in [6.07, 6.45) is 0.0673. The van der Waals surface area contributed by atoms with E-state index in [1.165, 1.54) is 0 Å². The molecule has 2 aromatic rings. The zero-order valence-electron chi connectivity index (χ0n) is 14.1. The van der Waals surface area contributed by atoms with Crippen LogP contribution in [0.25, 0.3) is 0 Å². The van der Waals surface area contributed by atoms with Crippen LogP contribution in [0.1, 0.15) is 36.5 Å². The average Bonchev–Trinajstić information content (AvgIpc) is 3.01. The van der Waals surface area contributed by atoms with Crippen molar-refractivity contribution >= 4 is 17.7 Å². The molecule has 24 heavy (non-hydrogen) atoms. The molecule has 1 aromatic carbocycles. The second-order valence-corrected chi connectivity index (χ2v) is 7.59. The Bertz CT molecular complexity index is 696. The minimum atomic E-state index is -1.17. The van der Waals surface area contributed by atoms with Crippen molar-refractivity contribution in [3.8, 4) is 0 Å². The number of carbonyl (C=O) groups is 1. The van der Waals surface area contributed by atoms with E-state index >= 15 is 0 Å². The van der Waals surface area contributed by atoms with E-state index in [1.54, 1.807) is 6.92 Å². The number of hydrogen-bond donors (Lipinski definition) is 1. The standard InChI is InChI=1S/C19H23NO3S/c1-14-8-9-17(23-14)16-13-24-11-10-20(16)18(21)12-19(2,22)15-6-4-3-5-7-15/h3-9,16,22H,10-13H2,1-2H3. The maximum atomic E-state index is 12.9. The van der Waals surface area contributed by atoms with E-state index in [9.17, 15) is 9.90 Å². The van der Waals surface area contributed by atoms with Crippen LogP contribution in [0, 0.1) is 6.92 Å². The third-order valence-corrected chi connectivity index (χ3v) is 5.45. The summed E-state index contributed by atoms with van der Waals surface area (Å²) in [6.45, 7) is 4.29. The van der Waals surface area contributed by atoms with Crippen LogP contribution in [0.15, 0.2) is 46.9 Å². The number of aryl methyl sites for hydroxylation is 1. The van der Waals surface area contributed by atoms with Crippen LogP contribution in [-0.2, 0) is 10.4 Å². The van der Waals surface area contributed by atoms with Crippen molar-refractivity contribution in [3.05, 3.63) is 59.5 Å². The molecule has 2 atom stereocenters. The van der Waals surface area contributed by atoms with Crippen molar-refractivity contribution in [3.63, 3.8) is 0 Å². The Hall–Kier alpha value is -1.72. The Labute approximate surface area is 146 Å². The molecular weight excluding hydrogens is 322 g/mol. The predicted octanol–water partition coefficient (Wildman–Crippen LogP) is 3.50. The molecule has 128 valence electrons. The summed E-state index contributed by atoms with van der Waals surface area (Å²) in [5.74, 6) is 3.38. The molecule has 0 spiro atoms. The number of hydrogen-bond acceptors (Lipinski definition) is 4. The van der Waals surface area contributed by atoms with Crippen molar-refractivity contribution in [2.75, 3.05) is 18.1 Å². The summed E-state index contributed by atoms with van der Waals surface area (Å²) < 4.78 is 5.75. The molecule has 0 saturated carbocycles. The summed E-state index contributed by atoms with van der Waals surface area (Å²) in [7, 11) is 0. The first-order chi connectivity index (χ1) is 11.5. The third-order valence-electron chi connectivity index (χ3n) is 4.43. The largest absolute Gasteiger partial charge is 0.464 e. The molecule has 0 bridgehead atoms. The van der Waals surface area contributed by atoms with Crippen LogP contribution < -0.4 is 0 Å². The van der Waals surface area contributed by atoms with Gasteiger partial charge in [-0.3, -0.25) is 4.79 Å².